The first-order valence-electron chi connectivity index (χ1n) is 6.08. The first-order valence-corrected chi connectivity index (χ1v) is 6.83. The maximum atomic E-state index is 13.3. The molecule has 0 radical (unpaired) electrons. The van der Waals surface area contributed by atoms with Crippen LogP contribution in [0.1, 0.15) is 29.6 Å². The van der Waals surface area contributed by atoms with E-state index in [1.807, 2.05) is 0 Å². The summed E-state index contributed by atoms with van der Waals surface area (Å²) in [6.07, 6.45) is 2.04. The quantitative estimate of drug-likeness (QED) is 0.843. The van der Waals surface area contributed by atoms with Crippen LogP contribution in [0.3, 0.4) is 0 Å². The topological polar surface area (TPSA) is 49.3 Å². The standard InChI is InChI=1S/C13H14Cl2FNO2/c14-10-5-11(15)12(16)4-9(10)13(19)17-6-7-1-2-8(18)3-7/h4-5,7-8,18H,1-3,6H2,(H,17,19). The van der Waals surface area contributed by atoms with Crippen LogP contribution in [0.4, 0.5) is 4.39 Å². The highest BCUT2D eigenvalue weighted by molar-refractivity contribution is 6.36. The Morgan fingerprint density at radius 1 is 1.37 bits per heavy atom. The molecule has 0 heterocycles. The minimum absolute atomic E-state index is 0.0714. The number of hydrogen-bond donors (Lipinski definition) is 2. The molecule has 2 rings (SSSR count). The largest absolute Gasteiger partial charge is 0.393 e. The number of halogens is 3. The van der Waals surface area contributed by atoms with Gasteiger partial charge in [-0.15, -0.1) is 0 Å². The summed E-state index contributed by atoms with van der Waals surface area (Å²) in [5, 5.41) is 12.1. The molecule has 1 aromatic rings. The Morgan fingerprint density at radius 2 is 2.11 bits per heavy atom. The highest BCUT2D eigenvalue weighted by atomic mass is 35.5. The third-order valence-electron chi connectivity index (χ3n) is 3.32. The van der Waals surface area contributed by atoms with Crippen LogP contribution in [-0.4, -0.2) is 23.7 Å². The molecule has 6 heteroatoms. The Kier molecular flexibility index (Phi) is 4.66. The lowest BCUT2D eigenvalue weighted by Gasteiger charge is -2.12. The Labute approximate surface area is 120 Å². The number of carbonyl (C=O) groups excluding carboxylic acids is 1. The van der Waals surface area contributed by atoms with Gasteiger partial charge in [0.15, 0.2) is 0 Å². The van der Waals surface area contributed by atoms with Crippen molar-refractivity contribution in [3.63, 3.8) is 0 Å². The zero-order valence-electron chi connectivity index (χ0n) is 10.1. The molecule has 1 amide bonds. The van der Waals surface area contributed by atoms with E-state index in [-0.39, 0.29) is 27.6 Å². The van der Waals surface area contributed by atoms with E-state index in [1.54, 1.807) is 0 Å². The van der Waals surface area contributed by atoms with Crippen molar-refractivity contribution >= 4 is 29.1 Å². The third kappa shape index (κ3) is 3.59. The van der Waals surface area contributed by atoms with Crippen LogP contribution in [0, 0.1) is 11.7 Å². The van der Waals surface area contributed by atoms with Gasteiger partial charge in [-0.05, 0) is 37.3 Å². The molecular weight excluding hydrogens is 292 g/mol. The lowest BCUT2D eigenvalue weighted by atomic mass is 10.1. The second-order valence-corrected chi connectivity index (χ2v) is 5.60. The summed E-state index contributed by atoms with van der Waals surface area (Å²) in [6, 6.07) is 2.25. The predicted octanol–water partition coefficient (Wildman–Crippen LogP) is 3.02. The number of benzene rings is 1. The van der Waals surface area contributed by atoms with Gasteiger partial charge in [0.05, 0.1) is 21.7 Å². The number of aliphatic hydroxyl groups is 1. The molecule has 1 aliphatic rings. The second kappa shape index (κ2) is 6.07. The third-order valence-corrected chi connectivity index (χ3v) is 3.92. The minimum atomic E-state index is -0.674. The smallest absolute Gasteiger partial charge is 0.252 e. The SMILES string of the molecule is O=C(NCC1CCC(O)C1)c1cc(F)c(Cl)cc1Cl. The molecule has 19 heavy (non-hydrogen) atoms. The van der Waals surface area contributed by atoms with Crippen LogP contribution in [0.25, 0.3) is 0 Å². The first-order chi connectivity index (χ1) is 8.97. The van der Waals surface area contributed by atoms with Gasteiger partial charge < -0.3 is 10.4 Å². The van der Waals surface area contributed by atoms with E-state index in [0.717, 1.165) is 18.9 Å². The van der Waals surface area contributed by atoms with E-state index in [2.05, 4.69) is 5.32 Å². The van der Waals surface area contributed by atoms with E-state index >= 15 is 0 Å². The van der Waals surface area contributed by atoms with Crippen LogP contribution in [0.2, 0.25) is 10.0 Å². The number of hydrogen-bond acceptors (Lipinski definition) is 2. The van der Waals surface area contributed by atoms with E-state index in [0.29, 0.717) is 13.0 Å². The van der Waals surface area contributed by atoms with Crippen LogP contribution >= 0.6 is 23.2 Å². The molecule has 104 valence electrons. The fourth-order valence-corrected chi connectivity index (χ4v) is 2.73. The van der Waals surface area contributed by atoms with Crippen LogP contribution in [0.15, 0.2) is 12.1 Å². The van der Waals surface area contributed by atoms with Gasteiger partial charge >= 0.3 is 0 Å². The Bertz CT molecular complexity index is 496. The Hall–Kier alpha value is -0.840. The van der Waals surface area contributed by atoms with Gasteiger partial charge in [0.25, 0.3) is 5.91 Å². The van der Waals surface area contributed by atoms with Crippen molar-refractivity contribution in [2.24, 2.45) is 5.92 Å². The number of nitrogens with one attached hydrogen (secondary N) is 1. The summed E-state index contributed by atoms with van der Waals surface area (Å²) >= 11 is 11.4. The second-order valence-electron chi connectivity index (χ2n) is 4.79. The molecule has 1 saturated carbocycles. The van der Waals surface area contributed by atoms with E-state index < -0.39 is 11.7 Å². The molecule has 2 atom stereocenters. The normalized spacial score (nSPS) is 22.5. The maximum Gasteiger partial charge on any atom is 0.252 e. The Balaban J connectivity index is 1.98. The van der Waals surface area contributed by atoms with Crippen molar-refractivity contribution in [2.75, 3.05) is 6.54 Å². The van der Waals surface area contributed by atoms with Crippen molar-refractivity contribution in [3.05, 3.63) is 33.6 Å². The average molecular weight is 306 g/mol. The molecule has 0 saturated heterocycles. The van der Waals surface area contributed by atoms with E-state index in [1.165, 1.54) is 6.07 Å². The lowest BCUT2D eigenvalue weighted by molar-refractivity contribution is 0.0945. The van der Waals surface area contributed by atoms with Gasteiger partial charge in [-0.3, -0.25) is 4.79 Å². The van der Waals surface area contributed by atoms with E-state index in [4.69, 9.17) is 23.2 Å². The molecule has 0 aliphatic heterocycles. The van der Waals surface area contributed by atoms with Crippen molar-refractivity contribution in [1.82, 2.24) is 5.32 Å². The molecule has 1 fully saturated rings. The molecule has 0 spiro atoms. The molecule has 1 aliphatic carbocycles. The van der Waals surface area contributed by atoms with Gasteiger partial charge in [-0.25, -0.2) is 4.39 Å². The van der Waals surface area contributed by atoms with Crippen molar-refractivity contribution in [3.8, 4) is 0 Å². The van der Waals surface area contributed by atoms with Gasteiger partial charge in [0.2, 0.25) is 0 Å². The molecule has 2 N–H and O–H groups in total. The first kappa shape index (κ1) is 14.6. The number of amides is 1. The van der Waals surface area contributed by atoms with Crippen LogP contribution < -0.4 is 5.32 Å². The fraction of sp³-hybridized carbons (Fsp3) is 0.462. The van der Waals surface area contributed by atoms with Crippen LogP contribution in [0.5, 0.6) is 0 Å². The summed E-state index contributed by atoms with van der Waals surface area (Å²) in [4.78, 5) is 11.9. The molecule has 3 nitrogen and oxygen atoms in total. The predicted molar refractivity (Wildman–Crippen MR) is 72.1 cm³/mol. The van der Waals surface area contributed by atoms with Crippen molar-refractivity contribution in [1.29, 1.82) is 0 Å². The average Bonchev–Trinajstić information content (AvgIpc) is 2.77. The van der Waals surface area contributed by atoms with Gasteiger partial charge in [0, 0.05) is 6.54 Å². The minimum Gasteiger partial charge on any atom is -0.393 e. The molecule has 1 aromatic carbocycles. The monoisotopic (exact) mass is 305 g/mol. The molecule has 0 aromatic heterocycles. The van der Waals surface area contributed by atoms with E-state index in [9.17, 15) is 14.3 Å². The zero-order valence-corrected chi connectivity index (χ0v) is 11.6. The molecular formula is C13H14Cl2FNO2. The summed E-state index contributed by atoms with van der Waals surface area (Å²) in [5.74, 6) is -0.843. The molecule has 2 unspecified atom stereocenters. The summed E-state index contributed by atoms with van der Waals surface area (Å²) in [7, 11) is 0. The lowest BCUT2D eigenvalue weighted by Crippen LogP contribution is -2.29. The summed E-state index contributed by atoms with van der Waals surface area (Å²) in [5.41, 5.74) is 0.0714. The van der Waals surface area contributed by atoms with Crippen molar-refractivity contribution < 1.29 is 14.3 Å². The molecule has 0 bridgehead atoms. The highest BCUT2D eigenvalue weighted by Crippen LogP contribution is 2.26. The van der Waals surface area contributed by atoms with Crippen LogP contribution in [-0.2, 0) is 0 Å². The number of aliphatic hydroxyl groups excluding tert-OH is 1. The Morgan fingerprint density at radius 3 is 2.74 bits per heavy atom. The zero-order chi connectivity index (χ0) is 14.0. The number of carbonyl (C=O) groups is 1. The highest BCUT2D eigenvalue weighted by Gasteiger charge is 2.23. The fourth-order valence-electron chi connectivity index (χ4n) is 2.26. The van der Waals surface area contributed by atoms with Crippen molar-refractivity contribution in [2.45, 2.75) is 25.4 Å². The van der Waals surface area contributed by atoms with Gasteiger partial charge in [0.1, 0.15) is 5.82 Å². The summed E-state index contributed by atoms with van der Waals surface area (Å²) < 4.78 is 13.3. The van der Waals surface area contributed by atoms with Gasteiger partial charge in [-0.1, -0.05) is 23.2 Å². The van der Waals surface area contributed by atoms with Gasteiger partial charge in [-0.2, -0.15) is 0 Å². The summed E-state index contributed by atoms with van der Waals surface area (Å²) in [6.45, 7) is 0.455. The maximum absolute atomic E-state index is 13.3. The number of rotatable bonds is 3.